The van der Waals surface area contributed by atoms with Crippen LogP contribution in [0.4, 0.5) is 18.9 Å². The first-order chi connectivity index (χ1) is 10.2. The van der Waals surface area contributed by atoms with E-state index in [0.29, 0.717) is 6.07 Å². The molecule has 8 heteroatoms. The lowest BCUT2D eigenvalue weighted by Gasteiger charge is -2.13. The number of nitro groups is 1. The van der Waals surface area contributed by atoms with Gasteiger partial charge in [-0.25, -0.2) is 0 Å². The number of nitro benzene ring substituents is 1. The lowest BCUT2D eigenvalue weighted by atomic mass is 9.94. The maximum absolute atomic E-state index is 13.0. The number of nitrogens with zero attached hydrogens (tertiary/aromatic N) is 1. The molecule has 0 heterocycles. The molecular formula is C14H9F3N2O3. The second-order valence-electron chi connectivity index (χ2n) is 4.37. The zero-order valence-electron chi connectivity index (χ0n) is 10.9. The maximum atomic E-state index is 13.0. The van der Waals surface area contributed by atoms with Gasteiger partial charge in [0.25, 0.3) is 5.69 Å². The number of benzene rings is 2. The largest absolute Gasteiger partial charge is 0.423 e. The van der Waals surface area contributed by atoms with Crippen molar-refractivity contribution in [3.8, 4) is 11.1 Å². The zero-order chi connectivity index (χ0) is 16.5. The summed E-state index contributed by atoms with van der Waals surface area (Å²) in [7, 11) is 0. The fourth-order valence-electron chi connectivity index (χ4n) is 2.11. The Balaban J connectivity index is 2.93. The predicted molar refractivity (Wildman–Crippen MR) is 72.1 cm³/mol. The SMILES string of the molecule is NC(=O)c1ccc(C(F)(F)F)c([N+](=O)[O-])c1-c1ccccc1. The van der Waals surface area contributed by atoms with Gasteiger partial charge in [-0.3, -0.25) is 14.9 Å². The molecule has 0 aliphatic rings. The van der Waals surface area contributed by atoms with Gasteiger partial charge in [-0.1, -0.05) is 30.3 Å². The van der Waals surface area contributed by atoms with Crippen molar-refractivity contribution in [3.63, 3.8) is 0 Å². The first kappa shape index (κ1) is 15.5. The van der Waals surface area contributed by atoms with Crippen molar-refractivity contribution < 1.29 is 22.9 Å². The maximum Gasteiger partial charge on any atom is 0.423 e. The number of halogens is 3. The van der Waals surface area contributed by atoms with Gasteiger partial charge in [0, 0.05) is 0 Å². The van der Waals surface area contributed by atoms with Crippen molar-refractivity contribution in [3.05, 3.63) is 63.7 Å². The van der Waals surface area contributed by atoms with E-state index in [9.17, 15) is 28.1 Å². The van der Waals surface area contributed by atoms with E-state index in [1.807, 2.05) is 0 Å². The van der Waals surface area contributed by atoms with Crippen molar-refractivity contribution in [2.24, 2.45) is 5.73 Å². The van der Waals surface area contributed by atoms with E-state index in [1.165, 1.54) is 24.3 Å². The molecule has 5 nitrogen and oxygen atoms in total. The molecule has 0 aromatic heterocycles. The summed E-state index contributed by atoms with van der Waals surface area (Å²) >= 11 is 0. The number of carbonyl (C=O) groups excluding carboxylic acids is 1. The zero-order valence-corrected chi connectivity index (χ0v) is 10.9. The smallest absolute Gasteiger partial charge is 0.366 e. The average molecular weight is 310 g/mol. The van der Waals surface area contributed by atoms with Crippen LogP contribution in [0.5, 0.6) is 0 Å². The second kappa shape index (κ2) is 5.47. The number of primary amides is 1. The van der Waals surface area contributed by atoms with Crippen LogP contribution in [0.2, 0.25) is 0 Å². The molecular weight excluding hydrogens is 301 g/mol. The van der Waals surface area contributed by atoms with Crippen molar-refractivity contribution in [1.82, 2.24) is 0 Å². The molecule has 114 valence electrons. The van der Waals surface area contributed by atoms with E-state index >= 15 is 0 Å². The van der Waals surface area contributed by atoms with Gasteiger partial charge in [-0.15, -0.1) is 0 Å². The van der Waals surface area contributed by atoms with Crippen LogP contribution in [0.15, 0.2) is 42.5 Å². The molecule has 22 heavy (non-hydrogen) atoms. The molecule has 0 radical (unpaired) electrons. The Bertz CT molecular complexity index is 743. The number of nitrogens with two attached hydrogens (primary N) is 1. The molecule has 0 aliphatic carbocycles. The summed E-state index contributed by atoms with van der Waals surface area (Å²) in [6.45, 7) is 0. The van der Waals surface area contributed by atoms with Crippen LogP contribution >= 0.6 is 0 Å². The minimum atomic E-state index is -4.93. The molecule has 0 saturated carbocycles. The van der Waals surface area contributed by atoms with Gasteiger partial charge < -0.3 is 5.73 Å². The van der Waals surface area contributed by atoms with Crippen LogP contribution in [-0.2, 0) is 6.18 Å². The highest BCUT2D eigenvalue weighted by atomic mass is 19.4. The normalized spacial score (nSPS) is 11.2. The summed E-state index contributed by atoms with van der Waals surface area (Å²) in [4.78, 5) is 21.5. The van der Waals surface area contributed by atoms with E-state index in [2.05, 4.69) is 0 Å². The summed E-state index contributed by atoms with van der Waals surface area (Å²) in [5.41, 5.74) is 1.85. The van der Waals surface area contributed by atoms with Gasteiger partial charge in [0.2, 0.25) is 5.91 Å². The molecule has 0 saturated heterocycles. The fourth-order valence-corrected chi connectivity index (χ4v) is 2.11. The fraction of sp³-hybridized carbons (Fsp3) is 0.0714. The number of hydrogen-bond acceptors (Lipinski definition) is 3. The van der Waals surface area contributed by atoms with E-state index in [0.717, 1.165) is 6.07 Å². The van der Waals surface area contributed by atoms with Gasteiger partial charge in [-0.2, -0.15) is 13.2 Å². The van der Waals surface area contributed by atoms with Crippen molar-refractivity contribution >= 4 is 11.6 Å². The van der Waals surface area contributed by atoms with Crippen LogP contribution in [0.1, 0.15) is 15.9 Å². The molecule has 2 N–H and O–H groups in total. The Morgan fingerprint density at radius 3 is 2.14 bits per heavy atom. The molecule has 0 atom stereocenters. The van der Waals surface area contributed by atoms with E-state index in [4.69, 9.17) is 5.73 Å². The standard InChI is InChI=1S/C14H9F3N2O3/c15-14(16,17)10-7-6-9(13(18)20)11(12(10)19(21)22)8-4-2-1-3-5-8/h1-7H,(H2,18,20). The van der Waals surface area contributed by atoms with Crippen molar-refractivity contribution in [1.29, 1.82) is 0 Å². The molecule has 0 unspecified atom stereocenters. The lowest BCUT2D eigenvalue weighted by molar-refractivity contribution is -0.387. The number of carbonyl (C=O) groups is 1. The van der Waals surface area contributed by atoms with Gasteiger partial charge in [-0.05, 0) is 17.7 Å². The highest BCUT2D eigenvalue weighted by Crippen LogP contribution is 2.43. The third kappa shape index (κ3) is 2.76. The Hall–Kier alpha value is -2.90. The van der Waals surface area contributed by atoms with Crippen LogP contribution in [0.3, 0.4) is 0 Å². The number of rotatable bonds is 3. The number of amides is 1. The summed E-state index contributed by atoms with van der Waals surface area (Å²) in [5, 5.41) is 11.2. The molecule has 0 bridgehead atoms. The van der Waals surface area contributed by atoms with E-state index < -0.39 is 33.8 Å². The highest BCUT2D eigenvalue weighted by molar-refractivity contribution is 6.02. The van der Waals surface area contributed by atoms with Gasteiger partial charge in [0.15, 0.2) is 0 Å². The van der Waals surface area contributed by atoms with Crippen LogP contribution < -0.4 is 5.73 Å². The first-order valence-electron chi connectivity index (χ1n) is 5.97. The minimum Gasteiger partial charge on any atom is -0.366 e. The topological polar surface area (TPSA) is 86.2 Å². The van der Waals surface area contributed by atoms with Gasteiger partial charge >= 0.3 is 6.18 Å². The van der Waals surface area contributed by atoms with Crippen LogP contribution in [0.25, 0.3) is 11.1 Å². The third-order valence-corrected chi connectivity index (χ3v) is 2.99. The minimum absolute atomic E-state index is 0.106. The Labute approximate surface area is 122 Å². The van der Waals surface area contributed by atoms with E-state index in [1.54, 1.807) is 6.07 Å². The Morgan fingerprint density at radius 2 is 1.68 bits per heavy atom. The van der Waals surface area contributed by atoms with Crippen molar-refractivity contribution in [2.75, 3.05) is 0 Å². The van der Waals surface area contributed by atoms with Crippen LogP contribution in [0, 0.1) is 10.1 Å². The van der Waals surface area contributed by atoms with Crippen LogP contribution in [-0.4, -0.2) is 10.8 Å². The molecule has 0 spiro atoms. The summed E-state index contributed by atoms with van der Waals surface area (Å²) in [5.74, 6) is -1.05. The average Bonchev–Trinajstić information content (AvgIpc) is 2.45. The molecule has 0 aliphatic heterocycles. The molecule has 2 aromatic rings. The predicted octanol–water partition coefficient (Wildman–Crippen LogP) is 3.38. The summed E-state index contributed by atoms with van der Waals surface area (Å²) in [6, 6.07) is 8.65. The third-order valence-electron chi connectivity index (χ3n) is 2.99. The van der Waals surface area contributed by atoms with Gasteiger partial charge in [0.05, 0.1) is 16.1 Å². The number of hydrogen-bond donors (Lipinski definition) is 1. The first-order valence-corrected chi connectivity index (χ1v) is 5.97. The quantitative estimate of drug-likeness (QED) is 0.696. The second-order valence-corrected chi connectivity index (χ2v) is 4.37. The molecule has 1 amide bonds. The highest BCUT2D eigenvalue weighted by Gasteiger charge is 2.41. The summed E-state index contributed by atoms with van der Waals surface area (Å²) in [6.07, 6.45) is -4.93. The Kier molecular flexibility index (Phi) is 3.85. The Morgan fingerprint density at radius 1 is 1.09 bits per heavy atom. The summed E-state index contributed by atoms with van der Waals surface area (Å²) < 4.78 is 39.0. The van der Waals surface area contributed by atoms with Crippen molar-refractivity contribution in [2.45, 2.75) is 6.18 Å². The monoisotopic (exact) mass is 310 g/mol. The number of alkyl halides is 3. The molecule has 0 fully saturated rings. The van der Waals surface area contributed by atoms with Gasteiger partial charge in [0.1, 0.15) is 5.56 Å². The molecule has 2 aromatic carbocycles. The lowest BCUT2D eigenvalue weighted by Crippen LogP contribution is -2.16. The van der Waals surface area contributed by atoms with E-state index in [-0.39, 0.29) is 11.1 Å². The molecule has 2 rings (SSSR count).